The maximum absolute atomic E-state index is 11.9. The van der Waals surface area contributed by atoms with Crippen LogP contribution in [0.2, 0.25) is 0 Å². The van der Waals surface area contributed by atoms with Crippen molar-refractivity contribution in [3.63, 3.8) is 0 Å². The summed E-state index contributed by atoms with van der Waals surface area (Å²) in [6.45, 7) is 3.01. The Morgan fingerprint density at radius 1 is 1.13 bits per heavy atom. The highest BCUT2D eigenvalue weighted by molar-refractivity contribution is 6.06. The first-order valence-corrected chi connectivity index (χ1v) is 9.89. The van der Waals surface area contributed by atoms with E-state index in [0.29, 0.717) is 18.1 Å². The zero-order chi connectivity index (χ0) is 21.1. The highest BCUT2D eigenvalue weighted by Gasteiger charge is 2.17. The van der Waals surface area contributed by atoms with Crippen molar-refractivity contribution in [3.05, 3.63) is 83.2 Å². The second-order valence-electron chi connectivity index (χ2n) is 7.01. The lowest BCUT2D eigenvalue weighted by Crippen LogP contribution is -2.12. The van der Waals surface area contributed by atoms with E-state index in [1.54, 1.807) is 12.1 Å². The fourth-order valence-electron chi connectivity index (χ4n) is 3.59. The van der Waals surface area contributed by atoms with E-state index in [1.807, 2.05) is 41.1 Å². The van der Waals surface area contributed by atoms with Gasteiger partial charge in [0.05, 0.1) is 5.52 Å². The Balaban J connectivity index is 1.80. The molecular weight excluding hydrogens is 376 g/mol. The van der Waals surface area contributed by atoms with E-state index in [9.17, 15) is 4.79 Å². The first kappa shape index (κ1) is 19.6. The molecule has 7 heteroatoms. The molecule has 0 spiro atoms. The third kappa shape index (κ3) is 3.62. The van der Waals surface area contributed by atoms with Gasteiger partial charge in [0.2, 0.25) is 11.9 Å². The SMILES string of the molecule is CCc1cnc(-n2c(CN)cc3c(C(N)=O)cccc32)nc1NCc1ccccc1. The van der Waals surface area contributed by atoms with Crippen molar-refractivity contribution in [1.29, 1.82) is 0 Å². The number of nitrogens with one attached hydrogen (secondary N) is 1. The van der Waals surface area contributed by atoms with Gasteiger partial charge >= 0.3 is 0 Å². The average Bonchev–Trinajstić information content (AvgIpc) is 3.16. The summed E-state index contributed by atoms with van der Waals surface area (Å²) >= 11 is 0. The summed E-state index contributed by atoms with van der Waals surface area (Å²) in [4.78, 5) is 21.2. The molecule has 1 amide bonds. The molecule has 2 heterocycles. The van der Waals surface area contributed by atoms with E-state index in [-0.39, 0.29) is 6.54 Å². The third-order valence-corrected chi connectivity index (χ3v) is 5.13. The second-order valence-corrected chi connectivity index (χ2v) is 7.01. The smallest absolute Gasteiger partial charge is 0.249 e. The van der Waals surface area contributed by atoms with E-state index >= 15 is 0 Å². The molecule has 0 aliphatic heterocycles. The maximum Gasteiger partial charge on any atom is 0.249 e. The Labute approximate surface area is 174 Å². The van der Waals surface area contributed by atoms with Crippen LogP contribution in [0.3, 0.4) is 0 Å². The predicted molar refractivity (Wildman–Crippen MR) is 118 cm³/mol. The predicted octanol–water partition coefficient (Wildman–Crippen LogP) is 3.15. The number of rotatable bonds is 7. The molecule has 2 aromatic carbocycles. The number of primary amides is 1. The van der Waals surface area contributed by atoms with Crippen LogP contribution in [0.1, 0.15) is 34.1 Å². The number of aryl methyl sites for hydroxylation is 1. The highest BCUT2D eigenvalue weighted by Crippen LogP contribution is 2.27. The Morgan fingerprint density at radius 2 is 1.93 bits per heavy atom. The molecule has 2 aromatic heterocycles. The Hall–Kier alpha value is -3.71. The van der Waals surface area contributed by atoms with E-state index < -0.39 is 5.91 Å². The topological polar surface area (TPSA) is 112 Å². The zero-order valence-electron chi connectivity index (χ0n) is 16.8. The summed E-state index contributed by atoms with van der Waals surface area (Å²) in [7, 11) is 0. The molecule has 0 saturated heterocycles. The van der Waals surface area contributed by atoms with Gasteiger partial charge in [0.15, 0.2) is 0 Å². The highest BCUT2D eigenvalue weighted by atomic mass is 16.1. The maximum atomic E-state index is 11.9. The van der Waals surface area contributed by atoms with E-state index in [4.69, 9.17) is 16.5 Å². The molecule has 0 fully saturated rings. The lowest BCUT2D eigenvalue weighted by Gasteiger charge is -2.14. The number of benzene rings is 2. The van der Waals surface area contributed by atoms with Gasteiger partial charge in [-0.05, 0) is 30.2 Å². The van der Waals surface area contributed by atoms with Crippen LogP contribution in [0.5, 0.6) is 0 Å². The minimum absolute atomic E-state index is 0.276. The Kier molecular flexibility index (Phi) is 5.45. The van der Waals surface area contributed by atoms with Crippen molar-refractivity contribution < 1.29 is 4.79 Å². The summed E-state index contributed by atoms with van der Waals surface area (Å²) in [6.07, 6.45) is 2.64. The quantitative estimate of drug-likeness (QED) is 0.441. The van der Waals surface area contributed by atoms with E-state index in [1.165, 1.54) is 5.56 Å². The first-order valence-electron chi connectivity index (χ1n) is 9.89. The van der Waals surface area contributed by atoms with Crippen molar-refractivity contribution in [2.24, 2.45) is 11.5 Å². The molecule has 4 aromatic rings. The molecule has 0 radical (unpaired) electrons. The number of carbonyl (C=O) groups is 1. The number of amides is 1. The van der Waals surface area contributed by atoms with Gasteiger partial charge in [0.1, 0.15) is 5.82 Å². The minimum atomic E-state index is -0.478. The molecule has 0 atom stereocenters. The van der Waals surface area contributed by atoms with Gasteiger partial charge < -0.3 is 16.8 Å². The largest absolute Gasteiger partial charge is 0.366 e. The Morgan fingerprint density at radius 3 is 2.63 bits per heavy atom. The van der Waals surface area contributed by atoms with Gasteiger partial charge in [-0.15, -0.1) is 0 Å². The number of nitrogens with zero attached hydrogens (tertiary/aromatic N) is 3. The van der Waals surface area contributed by atoms with E-state index in [2.05, 4.69) is 29.4 Å². The van der Waals surface area contributed by atoms with Crippen LogP contribution in [0.4, 0.5) is 5.82 Å². The number of hydrogen-bond acceptors (Lipinski definition) is 5. The van der Waals surface area contributed by atoms with Crippen molar-refractivity contribution in [1.82, 2.24) is 14.5 Å². The zero-order valence-corrected chi connectivity index (χ0v) is 16.8. The summed E-state index contributed by atoms with van der Waals surface area (Å²) in [5.74, 6) is 0.802. The fraction of sp³-hybridized carbons (Fsp3) is 0.174. The van der Waals surface area contributed by atoms with Crippen LogP contribution in [0.25, 0.3) is 16.9 Å². The third-order valence-electron chi connectivity index (χ3n) is 5.13. The summed E-state index contributed by atoms with van der Waals surface area (Å²) in [6, 6.07) is 17.5. The average molecular weight is 400 g/mol. The molecule has 0 unspecified atom stereocenters. The normalized spacial score (nSPS) is 11.0. The number of carbonyl (C=O) groups excluding carboxylic acids is 1. The van der Waals surface area contributed by atoms with Crippen LogP contribution < -0.4 is 16.8 Å². The second kappa shape index (κ2) is 8.34. The molecular formula is C23H24N6O. The molecule has 0 saturated carbocycles. The molecule has 7 nitrogen and oxygen atoms in total. The van der Waals surface area contributed by atoms with Crippen LogP contribution in [-0.4, -0.2) is 20.4 Å². The molecule has 0 aliphatic carbocycles. The molecule has 0 aliphatic rings. The number of nitrogens with two attached hydrogens (primary N) is 2. The summed E-state index contributed by atoms with van der Waals surface area (Å²) < 4.78 is 1.88. The summed E-state index contributed by atoms with van der Waals surface area (Å²) in [5, 5.41) is 4.17. The van der Waals surface area contributed by atoms with Crippen molar-refractivity contribution in [3.8, 4) is 5.95 Å². The van der Waals surface area contributed by atoms with E-state index in [0.717, 1.165) is 34.4 Å². The lowest BCUT2D eigenvalue weighted by molar-refractivity contribution is 0.100. The van der Waals surface area contributed by atoms with Gasteiger partial charge in [-0.25, -0.2) is 4.98 Å². The lowest BCUT2D eigenvalue weighted by atomic mass is 10.1. The van der Waals surface area contributed by atoms with Crippen LogP contribution in [0, 0.1) is 0 Å². The van der Waals surface area contributed by atoms with Crippen LogP contribution in [-0.2, 0) is 19.5 Å². The number of aromatic nitrogens is 3. The summed E-state index contributed by atoms with van der Waals surface area (Å²) in [5.41, 5.74) is 15.8. The standard InChI is InChI=1S/C23H24N6O/c1-2-16-14-27-23(28-22(16)26-13-15-7-4-3-5-8-15)29-17(12-24)11-19-18(21(25)30)9-6-10-20(19)29/h3-11,14H,2,12-13,24H2,1H3,(H2,25,30)(H,26,27,28). The van der Waals surface area contributed by atoms with Gasteiger partial charge in [0.25, 0.3) is 0 Å². The van der Waals surface area contributed by atoms with Crippen molar-refractivity contribution in [2.45, 2.75) is 26.4 Å². The fourth-order valence-corrected chi connectivity index (χ4v) is 3.59. The van der Waals surface area contributed by atoms with Gasteiger partial charge in [-0.2, -0.15) is 4.98 Å². The van der Waals surface area contributed by atoms with Gasteiger partial charge in [-0.1, -0.05) is 43.3 Å². The minimum Gasteiger partial charge on any atom is -0.366 e. The Bertz CT molecular complexity index is 1200. The van der Waals surface area contributed by atoms with Crippen LogP contribution in [0.15, 0.2) is 60.8 Å². The van der Waals surface area contributed by atoms with Gasteiger partial charge in [0, 0.05) is 41.5 Å². The van der Waals surface area contributed by atoms with Crippen LogP contribution >= 0.6 is 0 Å². The first-order chi connectivity index (χ1) is 14.6. The number of fused-ring (bicyclic) bond motifs is 1. The molecule has 0 bridgehead atoms. The number of hydrogen-bond donors (Lipinski definition) is 3. The number of anilines is 1. The monoisotopic (exact) mass is 400 g/mol. The van der Waals surface area contributed by atoms with Crippen molar-refractivity contribution >= 4 is 22.6 Å². The molecule has 5 N–H and O–H groups in total. The molecule has 4 rings (SSSR count). The molecule has 30 heavy (non-hydrogen) atoms. The van der Waals surface area contributed by atoms with Gasteiger partial charge in [-0.3, -0.25) is 9.36 Å². The molecule has 152 valence electrons. The van der Waals surface area contributed by atoms with Crippen molar-refractivity contribution in [2.75, 3.05) is 5.32 Å².